The van der Waals surface area contributed by atoms with Crippen LogP contribution in [0.4, 0.5) is 11.4 Å². The molecule has 5 rings (SSSR count). The van der Waals surface area contributed by atoms with Crippen LogP contribution < -0.4 is 10.2 Å². The molecule has 1 radical (unpaired) electrons. The summed E-state index contributed by atoms with van der Waals surface area (Å²) in [6, 6.07) is 31.0. The van der Waals surface area contributed by atoms with Gasteiger partial charge in [0, 0.05) is 18.6 Å². The molecule has 0 bridgehead atoms. The average Bonchev–Trinajstić information content (AvgIpc) is 3.01. The van der Waals surface area contributed by atoms with Crippen molar-refractivity contribution >= 4 is 11.4 Å². The third kappa shape index (κ3) is 12.0. The molecular formula is C48H58NO3V-5. The molecule has 5 heteroatoms. The summed E-state index contributed by atoms with van der Waals surface area (Å²) in [7, 11) is 0. The van der Waals surface area contributed by atoms with Gasteiger partial charge < -0.3 is 21.0 Å². The molecule has 0 atom stereocenters. The van der Waals surface area contributed by atoms with E-state index < -0.39 is 0 Å². The quantitative estimate of drug-likeness (QED) is 0.173. The first-order valence-corrected chi connectivity index (χ1v) is 18.2. The van der Waals surface area contributed by atoms with Crippen molar-refractivity contribution in [2.24, 2.45) is 0 Å². The summed E-state index contributed by atoms with van der Waals surface area (Å²) in [5.41, 5.74) is 12.1. The molecule has 283 valence electrons. The monoisotopic (exact) mass is 747 g/mol. The molecule has 0 aliphatic heterocycles. The Morgan fingerprint density at radius 3 is 1.21 bits per heavy atom. The number of hydrogen-bond donors (Lipinski definition) is 0. The molecule has 5 aromatic rings. The van der Waals surface area contributed by atoms with Gasteiger partial charge in [-0.25, -0.2) is 0 Å². The van der Waals surface area contributed by atoms with Crippen LogP contribution in [0, 0.1) is 27.7 Å². The zero-order chi connectivity index (χ0) is 37.9. The Bertz CT molecular complexity index is 1870. The standard InChI is InChI=1S/C41H52NO2.C7H8.O.V/c1-25-13-15-33(16-14-25)42-36-28(21-30-17-26(2)19-34(37(30)43)40(7,8)9)23-32(39(4,5)6)24-29(36)22-31-18-27(3)20-35(38(31)44)41(10,11)12;1-7-5-3-2-4-6-7;;/h13-20,23-24,43-44H,21-22H2,1-12H3;2-6H,1H3;;/q-1;;-2;/p-2. The Balaban J connectivity index is 0.000000967. The van der Waals surface area contributed by atoms with E-state index in [0.717, 1.165) is 61.4 Å². The van der Waals surface area contributed by atoms with E-state index in [0.29, 0.717) is 12.8 Å². The summed E-state index contributed by atoms with van der Waals surface area (Å²) in [6.45, 7) is 27.5. The third-order valence-corrected chi connectivity index (χ3v) is 9.35. The van der Waals surface area contributed by atoms with Gasteiger partial charge in [0.15, 0.2) is 0 Å². The molecule has 0 aliphatic rings. The average molecular weight is 748 g/mol. The summed E-state index contributed by atoms with van der Waals surface area (Å²) in [6.07, 6.45) is 0.937. The first kappa shape index (κ1) is 45.2. The first-order chi connectivity index (χ1) is 23.6. The predicted molar refractivity (Wildman–Crippen MR) is 215 cm³/mol. The van der Waals surface area contributed by atoms with Crippen molar-refractivity contribution in [1.29, 1.82) is 0 Å². The first-order valence-electron chi connectivity index (χ1n) is 18.2. The minimum Gasteiger partial charge on any atom is -2.00 e. The van der Waals surface area contributed by atoms with Gasteiger partial charge in [0.05, 0.1) is 0 Å². The van der Waals surface area contributed by atoms with Crippen LogP contribution in [0.3, 0.4) is 0 Å². The maximum Gasteiger partial charge on any atom is 0 e. The predicted octanol–water partition coefficient (Wildman–Crippen LogP) is 12.0. The normalized spacial score (nSPS) is 11.5. The molecule has 0 N–H and O–H groups in total. The molecule has 53 heavy (non-hydrogen) atoms. The van der Waals surface area contributed by atoms with Crippen LogP contribution >= 0.6 is 0 Å². The van der Waals surface area contributed by atoms with Gasteiger partial charge in [0.2, 0.25) is 0 Å². The van der Waals surface area contributed by atoms with E-state index in [1.807, 2.05) is 54.6 Å². The molecule has 0 heterocycles. The number of rotatable bonds is 6. The third-order valence-electron chi connectivity index (χ3n) is 9.35. The van der Waals surface area contributed by atoms with Crippen molar-refractivity contribution in [3.8, 4) is 11.5 Å². The van der Waals surface area contributed by atoms with Crippen LogP contribution in [0.1, 0.15) is 124 Å². The van der Waals surface area contributed by atoms with Crippen molar-refractivity contribution in [2.75, 3.05) is 0 Å². The van der Waals surface area contributed by atoms with Crippen molar-refractivity contribution in [2.45, 2.75) is 119 Å². The zero-order valence-corrected chi connectivity index (χ0v) is 35.6. The fraction of sp³-hybridized carbons (Fsp3) is 0.375. The van der Waals surface area contributed by atoms with E-state index in [1.165, 1.54) is 11.1 Å². The molecule has 4 nitrogen and oxygen atoms in total. The maximum atomic E-state index is 13.9. The van der Waals surface area contributed by atoms with Crippen molar-refractivity contribution < 1.29 is 34.2 Å². The summed E-state index contributed by atoms with van der Waals surface area (Å²) in [5, 5.41) is 33.0. The van der Waals surface area contributed by atoms with Crippen LogP contribution in [0.5, 0.6) is 11.5 Å². The van der Waals surface area contributed by atoms with Gasteiger partial charge in [-0.2, -0.15) is 0 Å². The molecule has 0 fully saturated rings. The Hall–Kier alpha value is -3.96. The molecule has 0 unspecified atom stereocenters. The molecule has 0 amide bonds. The topological polar surface area (TPSA) is 88.7 Å². The minimum absolute atomic E-state index is 0. The van der Waals surface area contributed by atoms with Crippen molar-refractivity contribution in [1.82, 2.24) is 0 Å². The van der Waals surface area contributed by atoms with E-state index in [9.17, 15) is 10.2 Å². The Kier molecular flexibility index (Phi) is 15.3. The van der Waals surface area contributed by atoms with Crippen molar-refractivity contribution in [3.05, 3.63) is 158 Å². The molecule has 0 saturated heterocycles. The molecule has 0 aromatic heterocycles. The number of hydrogen-bond acceptors (Lipinski definition) is 2. The number of benzene rings is 5. The largest absolute Gasteiger partial charge is 2.00 e. The van der Waals surface area contributed by atoms with Crippen LogP contribution in [0.25, 0.3) is 5.32 Å². The van der Waals surface area contributed by atoms with Crippen LogP contribution in [-0.4, -0.2) is 0 Å². The van der Waals surface area contributed by atoms with E-state index in [-0.39, 0.29) is 51.8 Å². The zero-order valence-electron chi connectivity index (χ0n) is 34.2. The second kappa shape index (κ2) is 17.9. The number of aryl methyl sites for hydroxylation is 4. The Labute approximate surface area is 332 Å². The molecule has 0 aliphatic carbocycles. The van der Waals surface area contributed by atoms with Gasteiger partial charge in [-0.3, -0.25) is 0 Å². The molecule has 5 aromatic carbocycles. The fourth-order valence-electron chi connectivity index (χ4n) is 6.37. The van der Waals surface area contributed by atoms with E-state index in [2.05, 4.69) is 126 Å². The Morgan fingerprint density at radius 2 is 0.868 bits per heavy atom. The van der Waals surface area contributed by atoms with Gasteiger partial charge in [-0.05, 0) is 73.5 Å². The van der Waals surface area contributed by atoms with Gasteiger partial charge in [0.25, 0.3) is 0 Å². The van der Waals surface area contributed by atoms with E-state index in [1.54, 1.807) is 0 Å². The fourth-order valence-corrected chi connectivity index (χ4v) is 6.37. The van der Waals surface area contributed by atoms with Gasteiger partial charge >= 0.3 is 0 Å². The smallest absolute Gasteiger partial charge is 0 e. The van der Waals surface area contributed by atoms with Crippen molar-refractivity contribution in [3.63, 3.8) is 0 Å². The second-order valence-corrected chi connectivity index (χ2v) is 17.5. The SMILES string of the molecule is Cc1ccc([N-]c2c(Cc3cc(C)cc(C(C)(C)C)c3[O-])cc(C(C)(C)C)cc2Cc2cc(C)cc(C(C)(C)C)c2[O-])cc1.Cc1ccccc1.[O-2].[V]. The van der Waals surface area contributed by atoms with Gasteiger partial charge in [-0.1, -0.05) is 198 Å². The second-order valence-electron chi connectivity index (χ2n) is 17.5. The van der Waals surface area contributed by atoms with Crippen LogP contribution in [0.2, 0.25) is 0 Å². The Morgan fingerprint density at radius 1 is 0.472 bits per heavy atom. The van der Waals surface area contributed by atoms with Crippen LogP contribution in [-0.2, 0) is 53.1 Å². The van der Waals surface area contributed by atoms with E-state index >= 15 is 0 Å². The summed E-state index contributed by atoms with van der Waals surface area (Å²) >= 11 is 0. The van der Waals surface area contributed by atoms with E-state index in [4.69, 9.17) is 5.32 Å². The van der Waals surface area contributed by atoms with Gasteiger partial charge in [-0.15, -0.1) is 22.9 Å². The molecular weight excluding hydrogens is 689 g/mol. The summed E-state index contributed by atoms with van der Waals surface area (Å²) < 4.78 is 0. The summed E-state index contributed by atoms with van der Waals surface area (Å²) in [5.74, 6) is 0.199. The molecule has 0 spiro atoms. The summed E-state index contributed by atoms with van der Waals surface area (Å²) in [4.78, 5) is 0. The molecule has 0 saturated carbocycles. The van der Waals surface area contributed by atoms with Gasteiger partial charge in [0.1, 0.15) is 0 Å². The maximum absolute atomic E-state index is 13.9. The number of nitrogens with zero attached hydrogens (tertiary/aromatic N) is 1. The van der Waals surface area contributed by atoms with Crippen LogP contribution in [0.15, 0.2) is 91.0 Å². The minimum atomic E-state index is -0.258.